The van der Waals surface area contributed by atoms with Crippen LogP contribution in [-0.2, 0) is 9.53 Å². The minimum atomic E-state index is -0.585. The fourth-order valence-electron chi connectivity index (χ4n) is 0.266. The first-order chi connectivity index (χ1) is 4.20. The minimum Gasteiger partial charge on any atom is -0.512 e. The molecular weight excluding hydrogens is 124 g/mol. The maximum atomic E-state index is 10.2. The van der Waals surface area contributed by atoms with E-state index in [1.54, 1.807) is 0 Å². The number of carbonyl (C=O) groups excluding carboxylic acids is 1. The molecule has 0 unspecified atom stereocenters. The summed E-state index contributed by atoms with van der Waals surface area (Å²) in [7, 11) is 1.20. The highest BCUT2D eigenvalue weighted by Gasteiger charge is 2.02. The van der Waals surface area contributed by atoms with Crippen LogP contribution >= 0.6 is 0 Å². The Morgan fingerprint density at radius 3 is 2.67 bits per heavy atom. The smallest absolute Gasteiger partial charge is 0.313 e. The molecule has 0 bridgehead atoms. The largest absolute Gasteiger partial charge is 0.512 e. The van der Waals surface area contributed by atoms with Crippen LogP contribution in [0.5, 0.6) is 0 Å². The first-order valence-electron chi connectivity index (χ1n) is 2.29. The fourth-order valence-corrected chi connectivity index (χ4v) is 0.266. The molecule has 0 atom stereocenters. The molecule has 0 aromatic rings. The molecule has 0 aliphatic heterocycles. The van der Waals surface area contributed by atoms with E-state index in [4.69, 9.17) is 10.2 Å². The lowest BCUT2D eigenvalue weighted by Crippen LogP contribution is -2.01. The zero-order valence-corrected chi connectivity index (χ0v) is 5.00. The lowest BCUT2D eigenvalue weighted by Gasteiger charge is -1.94. The van der Waals surface area contributed by atoms with Gasteiger partial charge in [-0.1, -0.05) is 0 Å². The third-order valence-corrected chi connectivity index (χ3v) is 0.702. The van der Waals surface area contributed by atoms with Crippen LogP contribution in [-0.4, -0.2) is 23.3 Å². The van der Waals surface area contributed by atoms with Gasteiger partial charge in [-0.05, 0) is 0 Å². The summed E-state index contributed by atoms with van der Waals surface area (Å²) < 4.78 is 4.17. The van der Waals surface area contributed by atoms with Gasteiger partial charge in [0.1, 0.15) is 18.4 Å². The van der Waals surface area contributed by atoms with Crippen molar-refractivity contribution in [2.24, 2.45) is 0 Å². The van der Waals surface area contributed by atoms with Crippen LogP contribution in [0.2, 0.25) is 0 Å². The topological polar surface area (TPSA) is 66.8 Å². The third kappa shape index (κ3) is 3.40. The van der Waals surface area contributed by atoms with Gasteiger partial charge in [-0.3, -0.25) is 4.79 Å². The first kappa shape index (κ1) is 7.81. The molecular formula is C5H8O4. The lowest BCUT2D eigenvalue weighted by molar-refractivity contribution is -0.140. The van der Waals surface area contributed by atoms with Gasteiger partial charge in [-0.2, -0.15) is 0 Å². The second kappa shape index (κ2) is 3.77. The van der Waals surface area contributed by atoms with Crippen molar-refractivity contribution in [3.05, 3.63) is 12.0 Å². The van der Waals surface area contributed by atoms with Crippen molar-refractivity contribution >= 4 is 5.97 Å². The van der Waals surface area contributed by atoms with E-state index in [1.807, 2.05) is 0 Å². The molecule has 0 heterocycles. The van der Waals surface area contributed by atoms with E-state index in [0.29, 0.717) is 6.26 Å². The Hall–Kier alpha value is -1.19. The van der Waals surface area contributed by atoms with Crippen LogP contribution in [0.3, 0.4) is 0 Å². The molecule has 0 aromatic heterocycles. The molecule has 0 rings (SSSR count). The number of hydrogen-bond acceptors (Lipinski definition) is 4. The summed E-state index contributed by atoms with van der Waals surface area (Å²) in [6, 6.07) is 0. The number of rotatable bonds is 2. The normalized spacial score (nSPS) is 11.0. The van der Waals surface area contributed by atoms with E-state index < -0.39 is 11.7 Å². The van der Waals surface area contributed by atoms with Gasteiger partial charge in [0.2, 0.25) is 0 Å². The van der Waals surface area contributed by atoms with Gasteiger partial charge in [-0.15, -0.1) is 0 Å². The van der Waals surface area contributed by atoms with Crippen molar-refractivity contribution in [1.82, 2.24) is 0 Å². The Kier molecular flexibility index (Phi) is 3.27. The van der Waals surface area contributed by atoms with Gasteiger partial charge in [0, 0.05) is 0 Å². The third-order valence-electron chi connectivity index (χ3n) is 0.702. The number of methoxy groups -OCH3 is 1. The first-order valence-corrected chi connectivity index (χ1v) is 2.29. The Morgan fingerprint density at radius 1 is 1.78 bits per heavy atom. The van der Waals surface area contributed by atoms with E-state index in [2.05, 4.69) is 4.74 Å². The molecule has 0 fully saturated rings. The number of aliphatic hydroxyl groups excluding tert-OH is 2. The van der Waals surface area contributed by atoms with Gasteiger partial charge in [0.25, 0.3) is 0 Å². The zero-order chi connectivity index (χ0) is 7.28. The Bertz CT molecular complexity index is 127. The number of carbonyl (C=O) groups is 1. The fraction of sp³-hybridized carbons (Fsp3) is 0.400. The maximum absolute atomic E-state index is 10.2. The van der Waals surface area contributed by atoms with Crippen molar-refractivity contribution in [3.63, 3.8) is 0 Å². The molecule has 0 amide bonds. The second-order valence-corrected chi connectivity index (χ2v) is 1.37. The van der Waals surface area contributed by atoms with Gasteiger partial charge in [0.15, 0.2) is 0 Å². The summed E-state index contributed by atoms with van der Waals surface area (Å²) in [5, 5.41) is 16.5. The molecule has 0 aliphatic carbocycles. The van der Waals surface area contributed by atoms with Crippen LogP contribution in [0.1, 0.15) is 6.42 Å². The van der Waals surface area contributed by atoms with Crippen molar-refractivity contribution in [2.75, 3.05) is 7.11 Å². The van der Waals surface area contributed by atoms with Crippen molar-refractivity contribution in [2.45, 2.75) is 6.42 Å². The molecule has 52 valence electrons. The van der Waals surface area contributed by atoms with Gasteiger partial charge >= 0.3 is 5.97 Å². The standard InChI is InChI=1S/C5H8O4/c1-9-5(8)2-4(7)3-6/h3,6-7H,2H2,1H3/b4-3-. The summed E-state index contributed by atoms with van der Waals surface area (Å²) in [5.74, 6) is -0.986. The number of hydrogen-bond donors (Lipinski definition) is 2. The average Bonchev–Trinajstić information content (AvgIpc) is 1.87. The molecule has 4 heteroatoms. The summed E-state index contributed by atoms with van der Waals surface area (Å²) >= 11 is 0. The molecule has 0 spiro atoms. The molecule has 2 N–H and O–H groups in total. The van der Waals surface area contributed by atoms with E-state index in [-0.39, 0.29) is 6.42 Å². The van der Waals surface area contributed by atoms with Crippen LogP contribution in [0.4, 0.5) is 0 Å². The quantitative estimate of drug-likeness (QED) is 0.424. The van der Waals surface area contributed by atoms with Crippen molar-refractivity contribution in [3.8, 4) is 0 Å². The molecule has 0 aliphatic rings. The van der Waals surface area contributed by atoms with Crippen molar-refractivity contribution in [1.29, 1.82) is 0 Å². The highest BCUT2D eigenvalue weighted by molar-refractivity contribution is 5.71. The minimum absolute atomic E-state index is 0.285. The van der Waals surface area contributed by atoms with E-state index >= 15 is 0 Å². The van der Waals surface area contributed by atoms with Crippen LogP contribution in [0.15, 0.2) is 12.0 Å². The Balaban J connectivity index is 3.60. The van der Waals surface area contributed by atoms with Crippen LogP contribution in [0, 0.1) is 0 Å². The van der Waals surface area contributed by atoms with Gasteiger partial charge in [0.05, 0.1) is 7.11 Å². The monoisotopic (exact) mass is 132 g/mol. The van der Waals surface area contributed by atoms with Crippen molar-refractivity contribution < 1.29 is 19.7 Å². The molecule has 0 radical (unpaired) electrons. The molecule has 0 aromatic carbocycles. The lowest BCUT2D eigenvalue weighted by atomic mass is 10.4. The molecule has 4 nitrogen and oxygen atoms in total. The predicted octanol–water partition coefficient (Wildman–Crippen LogP) is 0.507. The van der Waals surface area contributed by atoms with E-state index in [9.17, 15) is 4.79 Å². The SMILES string of the molecule is COC(=O)C/C(O)=C/O. The highest BCUT2D eigenvalue weighted by atomic mass is 16.5. The Labute approximate surface area is 52.4 Å². The summed E-state index contributed by atoms with van der Waals surface area (Å²) in [5.41, 5.74) is 0. The van der Waals surface area contributed by atoms with Gasteiger partial charge in [-0.25, -0.2) is 0 Å². The summed E-state index contributed by atoms with van der Waals surface area (Å²) in [4.78, 5) is 10.2. The number of esters is 1. The summed E-state index contributed by atoms with van der Waals surface area (Å²) in [6.07, 6.45) is 0.171. The highest BCUT2D eigenvalue weighted by Crippen LogP contribution is 1.94. The summed E-state index contributed by atoms with van der Waals surface area (Å²) in [6.45, 7) is 0. The number of ether oxygens (including phenoxy) is 1. The molecule has 0 saturated heterocycles. The second-order valence-electron chi connectivity index (χ2n) is 1.37. The van der Waals surface area contributed by atoms with Gasteiger partial charge < -0.3 is 14.9 Å². The Morgan fingerprint density at radius 2 is 2.33 bits per heavy atom. The zero-order valence-electron chi connectivity index (χ0n) is 5.00. The molecule has 9 heavy (non-hydrogen) atoms. The number of aliphatic hydroxyl groups is 2. The predicted molar refractivity (Wildman–Crippen MR) is 30.0 cm³/mol. The average molecular weight is 132 g/mol. The van der Waals surface area contributed by atoms with Crippen LogP contribution in [0.25, 0.3) is 0 Å². The van der Waals surface area contributed by atoms with E-state index in [1.165, 1.54) is 7.11 Å². The van der Waals surface area contributed by atoms with E-state index in [0.717, 1.165) is 0 Å². The maximum Gasteiger partial charge on any atom is 0.313 e. The molecule has 0 saturated carbocycles. The van der Waals surface area contributed by atoms with Crippen LogP contribution < -0.4 is 0 Å².